The van der Waals surface area contributed by atoms with Gasteiger partial charge < -0.3 is 10.2 Å². The summed E-state index contributed by atoms with van der Waals surface area (Å²) in [7, 11) is 0. The zero-order valence-electron chi connectivity index (χ0n) is 25.5. The first-order chi connectivity index (χ1) is 18.7. The normalized spacial score (nSPS) is 12.9. The molecule has 4 nitrogen and oxygen atoms in total. The third-order valence-electron chi connectivity index (χ3n) is 7.55. The Morgan fingerprint density at radius 1 is 0.605 bits per heavy atom. The van der Waals surface area contributed by atoms with Gasteiger partial charge >= 0.3 is 0 Å². The molecule has 0 heterocycles. The van der Waals surface area contributed by atoms with Crippen LogP contribution >= 0.6 is 0 Å². The van der Waals surface area contributed by atoms with Crippen LogP contribution in [0.2, 0.25) is 0 Å². The van der Waals surface area contributed by atoms with Crippen molar-refractivity contribution in [3.05, 3.63) is 24.3 Å². The second-order valence-corrected chi connectivity index (χ2v) is 11.1. The van der Waals surface area contributed by atoms with Crippen LogP contribution in [0.1, 0.15) is 155 Å². The zero-order chi connectivity index (χ0) is 27.9. The number of rotatable bonds is 30. The number of Topliss-reactive ketones (excluding diaryl/α,β-unsaturated/α-hetero) is 1. The van der Waals surface area contributed by atoms with E-state index >= 15 is 0 Å². The van der Waals surface area contributed by atoms with Gasteiger partial charge in [0.15, 0.2) is 5.78 Å². The summed E-state index contributed by atoms with van der Waals surface area (Å²) >= 11 is 0. The monoisotopic (exact) mass is 535 g/mol. The molecule has 0 aliphatic heterocycles. The van der Waals surface area contributed by atoms with Crippen molar-refractivity contribution in [1.29, 1.82) is 0 Å². The summed E-state index contributed by atoms with van der Waals surface area (Å²) in [4.78, 5) is 14.8. The number of carbonyl (C=O) groups excluding carboxylic acids is 1. The predicted octanol–water partition coefficient (Wildman–Crippen LogP) is 8.95. The molecular weight excluding hydrogens is 470 g/mol. The molecule has 0 aromatic carbocycles. The van der Waals surface area contributed by atoms with E-state index in [1.54, 1.807) is 0 Å². The fourth-order valence-electron chi connectivity index (χ4n) is 5.05. The Labute approximate surface area is 237 Å². The van der Waals surface area contributed by atoms with Crippen LogP contribution in [0, 0.1) is 0 Å². The maximum Gasteiger partial charge on any atom is 0.152 e. The third-order valence-corrected chi connectivity index (χ3v) is 7.55. The molecular formula is C34H65NO3. The first kappa shape index (κ1) is 37.0. The number of carbonyl (C=O) groups is 1. The lowest BCUT2D eigenvalue weighted by Gasteiger charge is -2.29. The van der Waals surface area contributed by atoms with E-state index in [4.69, 9.17) is 0 Å². The maximum atomic E-state index is 12.8. The Hall–Kier alpha value is -0.970. The molecule has 4 heteroatoms. The standard InChI is InChI=1S/C34H65NO3/c1-3-5-7-9-11-13-14-15-16-17-18-19-21-23-25-27-29-35(30-31-36)33(32-37)34(38)28-26-24-22-20-12-10-8-6-4-2/h11,13,15-16,33,36-37H,3-10,12,14,17-32H2,1-2H3/b13-11-,16-15-. The topological polar surface area (TPSA) is 60.8 Å². The number of hydrogen-bond donors (Lipinski definition) is 2. The highest BCUT2D eigenvalue weighted by Gasteiger charge is 2.23. The summed E-state index contributed by atoms with van der Waals surface area (Å²) in [5.41, 5.74) is 0. The summed E-state index contributed by atoms with van der Waals surface area (Å²) in [6.07, 6.45) is 35.5. The number of ketones is 1. The summed E-state index contributed by atoms with van der Waals surface area (Å²) in [5, 5.41) is 19.4. The van der Waals surface area contributed by atoms with Gasteiger partial charge in [-0.2, -0.15) is 0 Å². The maximum absolute atomic E-state index is 12.8. The molecule has 0 rings (SSSR count). The smallest absolute Gasteiger partial charge is 0.152 e. The molecule has 0 saturated carbocycles. The van der Waals surface area contributed by atoms with Crippen molar-refractivity contribution in [2.24, 2.45) is 0 Å². The van der Waals surface area contributed by atoms with Crippen LogP contribution in [-0.4, -0.2) is 53.2 Å². The molecule has 0 aliphatic carbocycles. The van der Waals surface area contributed by atoms with Gasteiger partial charge in [0, 0.05) is 13.0 Å². The molecule has 0 saturated heterocycles. The lowest BCUT2D eigenvalue weighted by atomic mass is 10.0. The van der Waals surface area contributed by atoms with Gasteiger partial charge in [-0.3, -0.25) is 9.69 Å². The average Bonchev–Trinajstić information content (AvgIpc) is 2.92. The molecule has 0 aliphatic rings. The van der Waals surface area contributed by atoms with Crippen molar-refractivity contribution in [3.63, 3.8) is 0 Å². The summed E-state index contributed by atoms with van der Waals surface area (Å²) in [5.74, 6) is 0.143. The van der Waals surface area contributed by atoms with Gasteiger partial charge in [-0.1, -0.05) is 128 Å². The molecule has 0 spiro atoms. The summed E-state index contributed by atoms with van der Waals surface area (Å²) in [6, 6.07) is -0.450. The van der Waals surface area contributed by atoms with E-state index in [-0.39, 0.29) is 19.0 Å². The highest BCUT2D eigenvalue weighted by molar-refractivity contribution is 5.84. The Bertz CT molecular complexity index is 546. The average molecular weight is 536 g/mol. The Morgan fingerprint density at radius 3 is 1.63 bits per heavy atom. The number of hydrogen-bond acceptors (Lipinski definition) is 4. The first-order valence-corrected chi connectivity index (χ1v) is 16.5. The van der Waals surface area contributed by atoms with Gasteiger partial charge in [-0.15, -0.1) is 0 Å². The number of aliphatic hydroxyl groups is 2. The quantitative estimate of drug-likeness (QED) is 0.0712. The Balaban J connectivity index is 3.90. The van der Waals surface area contributed by atoms with E-state index in [0.717, 1.165) is 38.6 Å². The molecule has 1 unspecified atom stereocenters. The Kier molecular flexibility index (Phi) is 29.8. The van der Waals surface area contributed by atoms with E-state index in [0.29, 0.717) is 13.0 Å². The second-order valence-electron chi connectivity index (χ2n) is 11.1. The number of nitrogens with zero attached hydrogens (tertiary/aromatic N) is 1. The van der Waals surface area contributed by atoms with Gasteiger partial charge in [0.2, 0.25) is 0 Å². The predicted molar refractivity (Wildman–Crippen MR) is 166 cm³/mol. The van der Waals surface area contributed by atoms with Gasteiger partial charge in [0.05, 0.1) is 19.3 Å². The van der Waals surface area contributed by atoms with Crippen molar-refractivity contribution in [2.75, 3.05) is 26.3 Å². The second kappa shape index (κ2) is 30.6. The van der Waals surface area contributed by atoms with Gasteiger partial charge in [-0.05, 0) is 51.5 Å². The van der Waals surface area contributed by atoms with E-state index in [1.807, 2.05) is 4.90 Å². The molecule has 0 aromatic rings. The van der Waals surface area contributed by atoms with Crippen molar-refractivity contribution < 1.29 is 15.0 Å². The van der Waals surface area contributed by atoms with Crippen molar-refractivity contribution in [3.8, 4) is 0 Å². The van der Waals surface area contributed by atoms with Crippen LogP contribution in [0.15, 0.2) is 24.3 Å². The Morgan fingerprint density at radius 2 is 1.08 bits per heavy atom. The largest absolute Gasteiger partial charge is 0.395 e. The van der Waals surface area contributed by atoms with Crippen LogP contribution in [0.25, 0.3) is 0 Å². The van der Waals surface area contributed by atoms with Crippen molar-refractivity contribution >= 4 is 5.78 Å². The fraction of sp³-hybridized carbons (Fsp3) is 0.853. The molecule has 0 fully saturated rings. The molecule has 0 radical (unpaired) electrons. The van der Waals surface area contributed by atoms with Crippen LogP contribution in [0.4, 0.5) is 0 Å². The van der Waals surface area contributed by atoms with Crippen LogP contribution in [-0.2, 0) is 4.79 Å². The third kappa shape index (κ3) is 24.1. The summed E-state index contributed by atoms with van der Waals surface area (Å²) < 4.78 is 0. The molecule has 1 atom stereocenters. The minimum atomic E-state index is -0.450. The molecule has 2 N–H and O–H groups in total. The molecule has 0 aromatic heterocycles. The van der Waals surface area contributed by atoms with Crippen molar-refractivity contribution in [1.82, 2.24) is 4.90 Å². The number of unbranched alkanes of at least 4 members (excludes halogenated alkanes) is 17. The van der Waals surface area contributed by atoms with Gasteiger partial charge in [0.1, 0.15) is 0 Å². The van der Waals surface area contributed by atoms with E-state index in [9.17, 15) is 15.0 Å². The zero-order valence-corrected chi connectivity index (χ0v) is 25.5. The SMILES string of the molecule is CCCCC/C=C\C/C=C\CCCCCCCCN(CCO)C(CO)C(=O)CCCCCCCCCCC. The number of aliphatic hydroxyl groups excluding tert-OH is 2. The first-order valence-electron chi connectivity index (χ1n) is 16.5. The van der Waals surface area contributed by atoms with Gasteiger partial charge in [-0.25, -0.2) is 0 Å². The van der Waals surface area contributed by atoms with Gasteiger partial charge in [0.25, 0.3) is 0 Å². The lowest BCUT2D eigenvalue weighted by molar-refractivity contribution is -0.126. The summed E-state index contributed by atoms with van der Waals surface area (Å²) in [6.45, 7) is 5.63. The molecule has 0 bridgehead atoms. The minimum absolute atomic E-state index is 0.0317. The molecule has 0 amide bonds. The van der Waals surface area contributed by atoms with Crippen LogP contribution in [0.3, 0.4) is 0 Å². The van der Waals surface area contributed by atoms with E-state index in [1.165, 1.54) is 103 Å². The highest BCUT2D eigenvalue weighted by Crippen LogP contribution is 2.14. The van der Waals surface area contributed by atoms with Crippen molar-refractivity contribution in [2.45, 2.75) is 161 Å². The van der Waals surface area contributed by atoms with E-state index < -0.39 is 6.04 Å². The lowest BCUT2D eigenvalue weighted by Crippen LogP contribution is -2.45. The fourth-order valence-corrected chi connectivity index (χ4v) is 5.05. The minimum Gasteiger partial charge on any atom is -0.395 e. The molecule has 38 heavy (non-hydrogen) atoms. The van der Waals surface area contributed by atoms with Crippen LogP contribution < -0.4 is 0 Å². The number of allylic oxidation sites excluding steroid dienone is 4. The van der Waals surface area contributed by atoms with E-state index in [2.05, 4.69) is 38.2 Å². The van der Waals surface area contributed by atoms with Crippen LogP contribution in [0.5, 0.6) is 0 Å². The molecule has 224 valence electrons. The highest BCUT2D eigenvalue weighted by atomic mass is 16.3.